The molecule has 0 aliphatic rings. The van der Waals surface area contributed by atoms with Gasteiger partial charge in [-0.15, -0.1) is 11.8 Å². The van der Waals surface area contributed by atoms with Crippen molar-refractivity contribution in [2.45, 2.75) is 23.5 Å². The molecule has 0 aliphatic carbocycles. The second-order valence-corrected chi connectivity index (χ2v) is 11.4. The van der Waals surface area contributed by atoms with Crippen molar-refractivity contribution >= 4 is 69.4 Å². The predicted octanol–water partition coefficient (Wildman–Crippen LogP) is 7.74. The molecular weight excluding hydrogens is 580 g/mol. The number of halogens is 1. The Morgan fingerprint density at radius 3 is 2.40 bits per heavy atom. The van der Waals surface area contributed by atoms with Gasteiger partial charge in [0, 0.05) is 38.6 Å². The number of rotatable bonds is 10. The highest BCUT2D eigenvalue weighted by Gasteiger charge is 2.20. The zero-order chi connectivity index (χ0) is 30.2. The lowest BCUT2D eigenvalue weighted by molar-refractivity contribution is -0.116. The molecule has 0 spiro atoms. The van der Waals surface area contributed by atoms with E-state index in [-0.39, 0.29) is 16.9 Å². The summed E-state index contributed by atoms with van der Waals surface area (Å²) in [6.45, 7) is 1.96. The van der Waals surface area contributed by atoms with Crippen LogP contribution < -0.4 is 16.0 Å². The van der Waals surface area contributed by atoms with E-state index in [9.17, 15) is 14.4 Å². The van der Waals surface area contributed by atoms with Gasteiger partial charge in [0.15, 0.2) is 0 Å². The number of aromatic nitrogens is 1. The van der Waals surface area contributed by atoms with Crippen molar-refractivity contribution in [2.24, 2.45) is 0 Å². The van der Waals surface area contributed by atoms with Gasteiger partial charge in [0.1, 0.15) is 5.70 Å². The first-order valence-electron chi connectivity index (χ1n) is 13.7. The summed E-state index contributed by atoms with van der Waals surface area (Å²) >= 11 is 7.44. The largest absolute Gasteiger partial charge is 0.361 e. The molecule has 1 heterocycles. The maximum absolute atomic E-state index is 13.4. The Morgan fingerprint density at radius 1 is 0.860 bits per heavy atom. The summed E-state index contributed by atoms with van der Waals surface area (Å²) in [6, 6.07) is 30.6. The van der Waals surface area contributed by atoms with Crippen LogP contribution in [0.1, 0.15) is 29.3 Å². The van der Waals surface area contributed by atoms with Gasteiger partial charge < -0.3 is 20.9 Å². The normalized spacial score (nSPS) is 12.0. The van der Waals surface area contributed by atoms with E-state index in [0.29, 0.717) is 28.3 Å². The molecule has 0 saturated carbocycles. The van der Waals surface area contributed by atoms with E-state index >= 15 is 0 Å². The highest BCUT2D eigenvalue weighted by atomic mass is 35.5. The van der Waals surface area contributed by atoms with E-state index in [0.717, 1.165) is 21.5 Å². The summed E-state index contributed by atoms with van der Waals surface area (Å²) in [6.07, 6.45) is 4.06. The molecule has 0 aliphatic heterocycles. The van der Waals surface area contributed by atoms with Gasteiger partial charge >= 0.3 is 0 Å². The van der Waals surface area contributed by atoms with Gasteiger partial charge in [0.05, 0.1) is 5.25 Å². The maximum atomic E-state index is 13.4. The molecule has 0 fully saturated rings. The van der Waals surface area contributed by atoms with E-state index in [1.807, 2.05) is 61.7 Å². The van der Waals surface area contributed by atoms with Crippen molar-refractivity contribution in [1.82, 2.24) is 10.3 Å². The molecule has 3 amide bonds. The fraction of sp³-hybridized carbons (Fsp3) is 0.0882. The molecule has 43 heavy (non-hydrogen) atoms. The van der Waals surface area contributed by atoms with E-state index in [1.165, 1.54) is 11.8 Å². The molecule has 9 heteroatoms. The van der Waals surface area contributed by atoms with Crippen LogP contribution in [0.25, 0.3) is 17.0 Å². The van der Waals surface area contributed by atoms with Crippen LogP contribution in [0.4, 0.5) is 11.4 Å². The number of thioether (sulfide) groups is 1. The second kappa shape index (κ2) is 13.9. The molecule has 5 rings (SSSR count). The standard InChI is InChI=1S/C34H29ClN4O3S/c1-2-31(34(42)38-27-16-13-23-17-18-36-29(23)21-27)43-28-10-6-9-26(20-28)37-33(41)30(19-22-11-14-25(35)15-12-22)39-32(40)24-7-4-3-5-8-24/h3-21,31,36H,2H2,1H3,(H,37,41)(H,38,42)(H,39,40)/b30-19-. The number of hydrogen-bond donors (Lipinski definition) is 4. The summed E-state index contributed by atoms with van der Waals surface area (Å²) in [5.74, 6) is -1.01. The number of benzene rings is 4. The second-order valence-electron chi connectivity index (χ2n) is 9.70. The smallest absolute Gasteiger partial charge is 0.272 e. The summed E-state index contributed by atoms with van der Waals surface area (Å²) in [5.41, 5.74) is 3.38. The summed E-state index contributed by atoms with van der Waals surface area (Å²) in [5, 5.41) is 9.91. The van der Waals surface area contributed by atoms with E-state index in [4.69, 9.17) is 11.6 Å². The third kappa shape index (κ3) is 7.94. The highest BCUT2D eigenvalue weighted by molar-refractivity contribution is 8.00. The molecular formula is C34H29ClN4O3S. The number of aromatic amines is 1. The zero-order valence-electron chi connectivity index (χ0n) is 23.3. The molecule has 1 unspecified atom stereocenters. The van der Waals surface area contributed by atoms with Crippen LogP contribution in [-0.2, 0) is 9.59 Å². The van der Waals surface area contributed by atoms with Crippen LogP contribution in [0.5, 0.6) is 0 Å². The zero-order valence-corrected chi connectivity index (χ0v) is 24.8. The lowest BCUT2D eigenvalue weighted by atomic mass is 10.1. The quantitative estimate of drug-likeness (QED) is 0.0961. The van der Waals surface area contributed by atoms with Crippen molar-refractivity contribution < 1.29 is 14.4 Å². The van der Waals surface area contributed by atoms with Gasteiger partial charge in [-0.2, -0.15) is 0 Å². The summed E-state index contributed by atoms with van der Waals surface area (Å²) in [7, 11) is 0. The number of H-pyrrole nitrogens is 1. The van der Waals surface area contributed by atoms with Crippen LogP contribution >= 0.6 is 23.4 Å². The highest BCUT2D eigenvalue weighted by Crippen LogP contribution is 2.29. The van der Waals surface area contributed by atoms with Crippen molar-refractivity contribution in [3.8, 4) is 0 Å². The van der Waals surface area contributed by atoms with Gasteiger partial charge in [-0.25, -0.2) is 0 Å². The fourth-order valence-electron chi connectivity index (χ4n) is 4.35. The fourth-order valence-corrected chi connectivity index (χ4v) is 5.49. The Bertz CT molecular complexity index is 1780. The minimum Gasteiger partial charge on any atom is -0.361 e. The monoisotopic (exact) mass is 608 g/mol. The molecule has 216 valence electrons. The Labute approximate surface area is 258 Å². The molecule has 1 atom stereocenters. The van der Waals surface area contributed by atoms with Gasteiger partial charge in [-0.3, -0.25) is 14.4 Å². The van der Waals surface area contributed by atoms with Crippen molar-refractivity contribution in [3.63, 3.8) is 0 Å². The maximum Gasteiger partial charge on any atom is 0.272 e. The number of amides is 3. The van der Waals surface area contributed by atoms with Crippen molar-refractivity contribution in [3.05, 3.63) is 131 Å². The molecule has 7 nitrogen and oxygen atoms in total. The van der Waals surface area contributed by atoms with Gasteiger partial charge in [0.2, 0.25) is 5.91 Å². The van der Waals surface area contributed by atoms with Crippen LogP contribution in [-0.4, -0.2) is 28.0 Å². The van der Waals surface area contributed by atoms with Crippen molar-refractivity contribution in [2.75, 3.05) is 10.6 Å². The minimum absolute atomic E-state index is 0.0686. The lowest BCUT2D eigenvalue weighted by Crippen LogP contribution is -2.30. The SMILES string of the molecule is CCC(Sc1cccc(NC(=O)/C(=C/c2ccc(Cl)cc2)NC(=O)c2ccccc2)c1)C(=O)Nc1ccc2cc[nH]c2c1. The third-order valence-corrected chi connectivity index (χ3v) is 8.18. The van der Waals surface area contributed by atoms with Crippen LogP contribution in [0.2, 0.25) is 5.02 Å². The van der Waals surface area contributed by atoms with Gasteiger partial charge in [-0.1, -0.05) is 61.0 Å². The van der Waals surface area contributed by atoms with Crippen LogP contribution in [0, 0.1) is 0 Å². The Morgan fingerprint density at radius 2 is 1.63 bits per heavy atom. The molecule has 4 N–H and O–H groups in total. The first-order valence-corrected chi connectivity index (χ1v) is 14.9. The molecule has 0 radical (unpaired) electrons. The Balaban J connectivity index is 1.29. The number of carbonyl (C=O) groups is 3. The first-order chi connectivity index (χ1) is 20.9. The number of hydrogen-bond acceptors (Lipinski definition) is 4. The number of fused-ring (bicyclic) bond motifs is 1. The molecule has 1 aromatic heterocycles. The Hall–Kier alpha value is -4.79. The van der Waals surface area contributed by atoms with E-state index < -0.39 is 11.8 Å². The van der Waals surface area contributed by atoms with Crippen LogP contribution in [0.15, 0.2) is 120 Å². The van der Waals surface area contributed by atoms with Gasteiger partial charge in [-0.05, 0) is 84.1 Å². The minimum atomic E-state index is -0.495. The average molecular weight is 609 g/mol. The summed E-state index contributed by atoms with van der Waals surface area (Å²) < 4.78 is 0. The molecule has 0 saturated heterocycles. The number of carbonyl (C=O) groups excluding carboxylic acids is 3. The first kappa shape index (κ1) is 29.7. The number of anilines is 2. The molecule has 0 bridgehead atoms. The Kier molecular flexibility index (Phi) is 9.61. The third-order valence-electron chi connectivity index (χ3n) is 6.57. The number of nitrogens with one attached hydrogen (secondary N) is 4. The average Bonchev–Trinajstić information content (AvgIpc) is 3.49. The van der Waals surface area contributed by atoms with E-state index in [1.54, 1.807) is 60.7 Å². The molecule has 5 aromatic rings. The summed E-state index contributed by atoms with van der Waals surface area (Å²) in [4.78, 5) is 43.4. The van der Waals surface area contributed by atoms with Crippen LogP contribution in [0.3, 0.4) is 0 Å². The lowest BCUT2D eigenvalue weighted by Gasteiger charge is -2.16. The predicted molar refractivity (Wildman–Crippen MR) is 175 cm³/mol. The van der Waals surface area contributed by atoms with Crippen molar-refractivity contribution in [1.29, 1.82) is 0 Å². The van der Waals surface area contributed by atoms with E-state index in [2.05, 4.69) is 20.9 Å². The topological polar surface area (TPSA) is 103 Å². The molecule has 4 aromatic carbocycles. The van der Waals surface area contributed by atoms with Gasteiger partial charge in [0.25, 0.3) is 11.8 Å².